The predicted molar refractivity (Wildman–Crippen MR) is 104 cm³/mol. The van der Waals surface area contributed by atoms with Crippen molar-refractivity contribution in [3.05, 3.63) is 0 Å². The predicted octanol–water partition coefficient (Wildman–Crippen LogP) is 3.51. The zero-order chi connectivity index (χ0) is 21.0. The molecule has 2 aliphatic heterocycles. The number of carbonyl (C=O) groups excluding carboxylic acids is 2. The molecule has 2 saturated heterocycles. The molecule has 28 heavy (non-hydrogen) atoms. The molecule has 160 valence electrons. The van der Waals surface area contributed by atoms with Crippen molar-refractivity contribution in [1.29, 1.82) is 0 Å². The van der Waals surface area contributed by atoms with Crippen LogP contribution in [0.5, 0.6) is 0 Å². The molecule has 0 bridgehead atoms. The van der Waals surface area contributed by atoms with E-state index in [-0.39, 0.29) is 47.5 Å². The van der Waals surface area contributed by atoms with Crippen LogP contribution < -0.4 is 0 Å². The normalized spacial score (nSPS) is 43.0. The van der Waals surface area contributed by atoms with Gasteiger partial charge in [-0.3, -0.25) is 9.59 Å². The number of esters is 2. The van der Waals surface area contributed by atoms with Crippen LogP contribution in [-0.2, 0) is 28.5 Å². The van der Waals surface area contributed by atoms with Crippen LogP contribution in [0.3, 0.4) is 0 Å². The average molecular weight is 397 g/mol. The molecule has 3 rings (SSSR count). The van der Waals surface area contributed by atoms with Crippen LogP contribution in [0.1, 0.15) is 66.7 Å². The molecule has 0 aromatic heterocycles. The van der Waals surface area contributed by atoms with E-state index in [1.54, 1.807) is 0 Å². The van der Waals surface area contributed by atoms with E-state index < -0.39 is 10.8 Å². The van der Waals surface area contributed by atoms with Gasteiger partial charge in [0.05, 0.1) is 43.9 Å². The molecule has 0 aromatic carbocycles. The third-order valence-corrected chi connectivity index (χ3v) is 8.00. The molecule has 0 radical (unpaired) electrons. The van der Waals surface area contributed by atoms with Gasteiger partial charge in [-0.25, -0.2) is 0 Å². The summed E-state index contributed by atoms with van der Waals surface area (Å²) in [7, 11) is 2.85. The largest absolute Gasteiger partial charge is 0.469 e. The lowest BCUT2D eigenvalue weighted by Crippen LogP contribution is -2.63. The number of carbonyl (C=O) groups is 2. The molecule has 0 spiro atoms. The van der Waals surface area contributed by atoms with E-state index in [0.29, 0.717) is 0 Å². The molecule has 1 saturated carbocycles. The molecule has 0 N–H and O–H groups in total. The zero-order valence-corrected chi connectivity index (χ0v) is 18.4. The molecule has 1 aliphatic carbocycles. The number of methoxy groups -OCH3 is 2. The SMILES string of the molecule is COC(=O)C[C@]1(C)[C@@H](C(C)(C)C(=O)OC)CC[C@]2(C)O[C@@](C)([C@@H]3CO3)CC[C@@H]12. The second-order valence-corrected chi connectivity index (χ2v) is 10.2. The van der Waals surface area contributed by atoms with Crippen LogP contribution >= 0.6 is 0 Å². The third kappa shape index (κ3) is 3.36. The van der Waals surface area contributed by atoms with Crippen LogP contribution in [0, 0.1) is 22.7 Å². The number of ether oxygens (including phenoxy) is 4. The lowest BCUT2D eigenvalue weighted by molar-refractivity contribution is -0.264. The van der Waals surface area contributed by atoms with E-state index in [4.69, 9.17) is 18.9 Å². The van der Waals surface area contributed by atoms with Crippen LogP contribution in [0.15, 0.2) is 0 Å². The van der Waals surface area contributed by atoms with E-state index in [0.717, 1.165) is 32.3 Å². The van der Waals surface area contributed by atoms with Crippen LogP contribution in [0.25, 0.3) is 0 Å². The molecule has 3 aliphatic rings. The number of epoxide rings is 1. The highest BCUT2D eigenvalue weighted by Gasteiger charge is 2.64. The standard InChI is InChI=1S/C22H36O6/c1-19(2,18(24)26-7)14-8-10-21(4)15(20(14,3)12-17(23)25-6)9-11-22(5,28-21)16-13-27-16/h14-16H,8-13H2,1-7H3/t14-,15+,16+,20-,21+,22-/m1/s1. The summed E-state index contributed by atoms with van der Waals surface area (Å²) in [4.78, 5) is 25.1. The van der Waals surface area contributed by atoms with Crippen LogP contribution in [0.2, 0.25) is 0 Å². The molecule has 6 heteroatoms. The van der Waals surface area contributed by atoms with Crippen molar-refractivity contribution >= 4 is 11.9 Å². The average Bonchev–Trinajstić information content (AvgIpc) is 3.45. The Morgan fingerprint density at radius 3 is 2.18 bits per heavy atom. The highest BCUT2D eigenvalue weighted by molar-refractivity contribution is 5.77. The second-order valence-electron chi connectivity index (χ2n) is 10.2. The van der Waals surface area contributed by atoms with Crippen molar-refractivity contribution in [2.24, 2.45) is 22.7 Å². The van der Waals surface area contributed by atoms with Crippen LogP contribution in [-0.4, -0.2) is 50.1 Å². The van der Waals surface area contributed by atoms with E-state index in [1.165, 1.54) is 14.2 Å². The maximum atomic E-state index is 12.6. The quantitative estimate of drug-likeness (QED) is 0.523. The van der Waals surface area contributed by atoms with Gasteiger partial charge in [-0.15, -0.1) is 0 Å². The van der Waals surface area contributed by atoms with Crippen molar-refractivity contribution in [2.75, 3.05) is 20.8 Å². The Kier molecular flexibility index (Phi) is 5.37. The monoisotopic (exact) mass is 396 g/mol. The van der Waals surface area contributed by atoms with Crippen molar-refractivity contribution in [1.82, 2.24) is 0 Å². The topological polar surface area (TPSA) is 74.4 Å². The van der Waals surface area contributed by atoms with Crippen LogP contribution in [0.4, 0.5) is 0 Å². The van der Waals surface area contributed by atoms with Gasteiger partial charge in [-0.05, 0) is 70.6 Å². The van der Waals surface area contributed by atoms with Gasteiger partial charge in [0.1, 0.15) is 6.10 Å². The van der Waals surface area contributed by atoms with E-state index >= 15 is 0 Å². The Morgan fingerprint density at radius 1 is 1.04 bits per heavy atom. The van der Waals surface area contributed by atoms with E-state index in [1.807, 2.05) is 13.8 Å². The maximum Gasteiger partial charge on any atom is 0.311 e. The summed E-state index contributed by atoms with van der Waals surface area (Å²) >= 11 is 0. The summed E-state index contributed by atoms with van der Waals surface area (Å²) in [6.45, 7) is 11.1. The van der Waals surface area contributed by atoms with Gasteiger partial charge < -0.3 is 18.9 Å². The lowest BCUT2D eigenvalue weighted by atomic mass is 9.47. The van der Waals surface area contributed by atoms with E-state index in [2.05, 4.69) is 20.8 Å². The van der Waals surface area contributed by atoms with E-state index in [9.17, 15) is 9.59 Å². The van der Waals surface area contributed by atoms with Crippen molar-refractivity contribution < 1.29 is 28.5 Å². The highest BCUT2D eigenvalue weighted by Crippen LogP contribution is 2.63. The first-order chi connectivity index (χ1) is 12.9. The molecule has 3 fully saturated rings. The fourth-order valence-corrected chi connectivity index (χ4v) is 6.49. The Labute approximate surface area is 168 Å². The third-order valence-electron chi connectivity index (χ3n) is 8.00. The maximum absolute atomic E-state index is 12.6. The Bertz CT molecular complexity index is 641. The Balaban J connectivity index is 1.98. The molecular weight excluding hydrogens is 360 g/mol. The molecule has 0 amide bonds. The smallest absolute Gasteiger partial charge is 0.311 e. The summed E-state index contributed by atoms with van der Waals surface area (Å²) in [6.07, 6.45) is 3.91. The molecule has 2 heterocycles. The van der Waals surface area contributed by atoms with Crippen molar-refractivity contribution in [3.63, 3.8) is 0 Å². The Morgan fingerprint density at radius 2 is 1.64 bits per heavy atom. The molecular formula is C22H36O6. The van der Waals surface area contributed by atoms with Gasteiger partial charge in [0.2, 0.25) is 0 Å². The van der Waals surface area contributed by atoms with Crippen molar-refractivity contribution in [2.45, 2.75) is 84.0 Å². The fraction of sp³-hybridized carbons (Fsp3) is 0.909. The van der Waals surface area contributed by atoms with Gasteiger partial charge in [-0.2, -0.15) is 0 Å². The van der Waals surface area contributed by atoms with Crippen molar-refractivity contribution in [3.8, 4) is 0 Å². The van der Waals surface area contributed by atoms with Gasteiger partial charge >= 0.3 is 11.9 Å². The van der Waals surface area contributed by atoms with Gasteiger partial charge in [0.15, 0.2) is 0 Å². The summed E-state index contributed by atoms with van der Waals surface area (Å²) < 4.78 is 22.5. The zero-order valence-electron chi connectivity index (χ0n) is 18.4. The number of hydrogen-bond acceptors (Lipinski definition) is 6. The van der Waals surface area contributed by atoms with Gasteiger partial charge in [0, 0.05) is 0 Å². The minimum absolute atomic E-state index is 0.00486. The first-order valence-electron chi connectivity index (χ1n) is 10.4. The minimum atomic E-state index is -0.695. The minimum Gasteiger partial charge on any atom is -0.469 e. The summed E-state index contributed by atoms with van der Waals surface area (Å²) in [5.74, 6) is -0.329. The lowest BCUT2D eigenvalue weighted by Gasteiger charge is -2.62. The number of hydrogen-bond donors (Lipinski definition) is 0. The molecule has 6 nitrogen and oxygen atoms in total. The number of fused-ring (bicyclic) bond motifs is 1. The molecule has 6 atom stereocenters. The highest BCUT2D eigenvalue weighted by atomic mass is 16.6. The first kappa shape index (κ1) is 21.6. The molecule has 0 unspecified atom stereocenters. The summed E-state index contributed by atoms with van der Waals surface area (Å²) in [5, 5.41) is 0. The van der Waals surface area contributed by atoms with Gasteiger partial charge in [0.25, 0.3) is 0 Å². The van der Waals surface area contributed by atoms with Gasteiger partial charge in [-0.1, -0.05) is 6.92 Å². The summed E-state index contributed by atoms with van der Waals surface area (Å²) in [6, 6.07) is 0. The molecule has 0 aromatic rings. The fourth-order valence-electron chi connectivity index (χ4n) is 6.49. The second kappa shape index (κ2) is 6.98. The summed E-state index contributed by atoms with van der Waals surface area (Å²) in [5.41, 5.74) is -1.75. The number of rotatable bonds is 5. The first-order valence-corrected chi connectivity index (χ1v) is 10.4. The Hall–Kier alpha value is -1.14.